The van der Waals surface area contributed by atoms with Gasteiger partial charge in [-0.2, -0.15) is 0 Å². The smallest absolute Gasteiger partial charge is 0.251 e. The molecule has 1 heterocycles. The summed E-state index contributed by atoms with van der Waals surface area (Å²) in [6, 6.07) is 11.8. The molecule has 2 N–H and O–H groups in total. The minimum Gasteiger partial charge on any atom is -0.351 e. The van der Waals surface area contributed by atoms with E-state index in [9.17, 15) is 9.59 Å². The van der Waals surface area contributed by atoms with Gasteiger partial charge in [0.15, 0.2) is 0 Å². The van der Waals surface area contributed by atoms with Crippen LogP contribution in [0.3, 0.4) is 0 Å². The normalized spacial score (nSPS) is 14.8. The monoisotopic (exact) mass is 393 g/mol. The molecule has 0 atom stereocenters. The Hall–Kier alpha value is -2.82. The van der Waals surface area contributed by atoms with Crippen LogP contribution >= 0.6 is 0 Å². The maximum Gasteiger partial charge on any atom is 0.251 e. The van der Waals surface area contributed by atoms with Gasteiger partial charge >= 0.3 is 0 Å². The molecular weight excluding hydrogens is 362 g/mol. The summed E-state index contributed by atoms with van der Waals surface area (Å²) >= 11 is 0. The van der Waals surface area contributed by atoms with Gasteiger partial charge in [-0.3, -0.25) is 9.59 Å². The lowest BCUT2D eigenvalue weighted by atomic mass is 9.95. The Morgan fingerprint density at radius 1 is 1.03 bits per heavy atom. The average Bonchev–Trinajstić information content (AvgIpc) is 3.04. The lowest BCUT2D eigenvalue weighted by Crippen LogP contribution is -2.33. The fraction of sp³-hybridized carbons (Fsp3) is 0.417. The fourth-order valence-electron chi connectivity index (χ4n) is 4.15. The number of benzene rings is 1. The third-order valence-electron chi connectivity index (χ3n) is 5.62. The first-order chi connectivity index (χ1) is 14.1. The van der Waals surface area contributed by atoms with Crippen LogP contribution in [0, 0.1) is 13.8 Å². The summed E-state index contributed by atoms with van der Waals surface area (Å²) in [6.45, 7) is 5.07. The number of amides is 2. The van der Waals surface area contributed by atoms with Crippen LogP contribution in [0.1, 0.15) is 65.5 Å². The lowest BCUT2D eigenvalue weighted by molar-refractivity contribution is -0.116. The van der Waals surface area contributed by atoms with E-state index in [1.807, 2.05) is 24.3 Å². The topological polar surface area (TPSA) is 63.1 Å². The summed E-state index contributed by atoms with van der Waals surface area (Å²) in [5, 5.41) is 5.62. The van der Waals surface area contributed by atoms with E-state index in [1.54, 1.807) is 18.2 Å². The van der Waals surface area contributed by atoms with Crippen LogP contribution in [-0.4, -0.2) is 29.5 Å². The molecule has 0 saturated heterocycles. The van der Waals surface area contributed by atoms with E-state index in [2.05, 4.69) is 35.1 Å². The molecule has 1 aliphatic rings. The minimum atomic E-state index is -0.151. The molecule has 0 spiro atoms. The largest absolute Gasteiger partial charge is 0.351 e. The van der Waals surface area contributed by atoms with Crippen molar-refractivity contribution in [2.45, 2.75) is 52.0 Å². The maximum absolute atomic E-state index is 12.1. The van der Waals surface area contributed by atoms with Crippen molar-refractivity contribution in [2.75, 3.05) is 13.1 Å². The molecule has 0 unspecified atom stereocenters. The zero-order chi connectivity index (χ0) is 20.6. The molecule has 0 aliphatic heterocycles. The van der Waals surface area contributed by atoms with Crippen LogP contribution in [0.5, 0.6) is 0 Å². The number of hydrogen-bond donors (Lipinski definition) is 2. The van der Waals surface area contributed by atoms with Crippen molar-refractivity contribution in [3.8, 4) is 0 Å². The summed E-state index contributed by atoms with van der Waals surface area (Å²) < 4.78 is 2.44. The standard InChI is InChI=1S/C24H31N3O2/c1-18-17-21(19(2)27(18)22-11-7-4-8-12-22)13-14-23(28)25-15-16-26-24(29)20-9-5-3-6-10-20/h3,5-6,9-10,13-14,17,22H,4,7-8,11-12,15-16H2,1-2H3,(H,25,28)(H,26,29)/b14-13+. The second-order valence-electron chi connectivity index (χ2n) is 7.73. The van der Waals surface area contributed by atoms with Gasteiger partial charge < -0.3 is 15.2 Å². The molecule has 1 aromatic heterocycles. The first-order valence-electron chi connectivity index (χ1n) is 10.5. The summed E-state index contributed by atoms with van der Waals surface area (Å²) in [7, 11) is 0. The molecule has 1 fully saturated rings. The first kappa shape index (κ1) is 20.9. The number of aromatic nitrogens is 1. The average molecular weight is 394 g/mol. The Kier molecular flexibility index (Phi) is 7.28. The van der Waals surface area contributed by atoms with Gasteiger partial charge in [-0.1, -0.05) is 37.5 Å². The van der Waals surface area contributed by atoms with Gasteiger partial charge in [-0.25, -0.2) is 0 Å². The Balaban J connectivity index is 1.47. The highest BCUT2D eigenvalue weighted by atomic mass is 16.2. The third kappa shape index (κ3) is 5.59. The number of aryl methyl sites for hydroxylation is 1. The summed E-state index contributed by atoms with van der Waals surface area (Å²) in [5.74, 6) is -0.285. The predicted molar refractivity (Wildman–Crippen MR) is 117 cm³/mol. The van der Waals surface area contributed by atoms with Gasteiger partial charge in [0.05, 0.1) is 0 Å². The number of nitrogens with zero attached hydrogens (tertiary/aromatic N) is 1. The zero-order valence-electron chi connectivity index (χ0n) is 17.4. The highest BCUT2D eigenvalue weighted by molar-refractivity contribution is 5.94. The van der Waals surface area contributed by atoms with E-state index in [1.165, 1.54) is 43.5 Å². The van der Waals surface area contributed by atoms with Crippen LogP contribution < -0.4 is 10.6 Å². The highest BCUT2D eigenvalue weighted by Crippen LogP contribution is 2.32. The summed E-state index contributed by atoms with van der Waals surface area (Å²) in [6.07, 6.45) is 9.90. The van der Waals surface area contributed by atoms with Gasteiger partial charge in [-0.05, 0) is 56.5 Å². The van der Waals surface area contributed by atoms with Gasteiger partial charge in [0, 0.05) is 42.2 Å². The number of rotatable bonds is 7. The number of carbonyl (C=O) groups is 2. The number of carbonyl (C=O) groups excluding carboxylic acids is 2. The Morgan fingerprint density at radius 2 is 1.72 bits per heavy atom. The molecule has 5 heteroatoms. The maximum atomic E-state index is 12.1. The van der Waals surface area contributed by atoms with Crippen molar-refractivity contribution in [1.29, 1.82) is 0 Å². The molecular formula is C24H31N3O2. The van der Waals surface area contributed by atoms with E-state index < -0.39 is 0 Å². The van der Waals surface area contributed by atoms with Gasteiger partial charge in [0.2, 0.25) is 5.91 Å². The zero-order valence-corrected chi connectivity index (χ0v) is 17.4. The van der Waals surface area contributed by atoms with Crippen molar-refractivity contribution >= 4 is 17.9 Å². The van der Waals surface area contributed by atoms with E-state index in [4.69, 9.17) is 0 Å². The quantitative estimate of drug-likeness (QED) is 0.548. The second kappa shape index (κ2) is 10.1. The van der Waals surface area contributed by atoms with Gasteiger partial charge in [0.1, 0.15) is 0 Å². The molecule has 0 bridgehead atoms. The molecule has 1 aromatic carbocycles. The molecule has 1 saturated carbocycles. The summed E-state index contributed by atoms with van der Waals surface area (Å²) in [5.41, 5.74) is 4.21. The summed E-state index contributed by atoms with van der Waals surface area (Å²) in [4.78, 5) is 24.1. The van der Waals surface area contributed by atoms with E-state index >= 15 is 0 Å². The Morgan fingerprint density at radius 3 is 2.45 bits per heavy atom. The van der Waals surface area contributed by atoms with Crippen molar-refractivity contribution in [3.63, 3.8) is 0 Å². The highest BCUT2D eigenvalue weighted by Gasteiger charge is 2.19. The fourth-order valence-corrected chi connectivity index (χ4v) is 4.15. The minimum absolute atomic E-state index is 0.134. The molecule has 0 radical (unpaired) electrons. The van der Waals surface area contributed by atoms with Crippen molar-refractivity contribution in [2.24, 2.45) is 0 Å². The van der Waals surface area contributed by atoms with Crippen LogP contribution in [0.25, 0.3) is 6.08 Å². The number of hydrogen-bond acceptors (Lipinski definition) is 2. The SMILES string of the molecule is Cc1cc(/C=C/C(=O)NCCNC(=O)c2ccccc2)c(C)n1C1CCCCC1. The van der Waals surface area contributed by atoms with E-state index in [0.717, 1.165) is 5.56 Å². The molecule has 2 amide bonds. The molecule has 29 heavy (non-hydrogen) atoms. The van der Waals surface area contributed by atoms with E-state index in [-0.39, 0.29) is 11.8 Å². The Bertz CT molecular complexity index is 862. The van der Waals surface area contributed by atoms with Gasteiger partial charge in [-0.15, -0.1) is 0 Å². The molecule has 2 aromatic rings. The predicted octanol–water partition coefficient (Wildman–Crippen LogP) is 4.17. The van der Waals surface area contributed by atoms with Crippen molar-refractivity contribution in [3.05, 3.63) is 65.0 Å². The van der Waals surface area contributed by atoms with Crippen molar-refractivity contribution in [1.82, 2.24) is 15.2 Å². The molecule has 5 nitrogen and oxygen atoms in total. The molecule has 154 valence electrons. The van der Waals surface area contributed by atoms with Crippen LogP contribution in [0.15, 0.2) is 42.5 Å². The third-order valence-corrected chi connectivity index (χ3v) is 5.62. The number of nitrogens with one attached hydrogen (secondary N) is 2. The molecule has 1 aliphatic carbocycles. The van der Waals surface area contributed by atoms with Crippen LogP contribution in [0.2, 0.25) is 0 Å². The van der Waals surface area contributed by atoms with Crippen LogP contribution in [-0.2, 0) is 4.79 Å². The molecule has 3 rings (SSSR count). The van der Waals surface area contributed by atoms with Crippen molar-refractivity contribution < 1.29 is 9.59 Å². The van der Waals surface area contributed by atoms with Crippen LogP contribution in [0.4, 0.5) is 0 Å². The van der Waals surface area contributed by atoms with Gasteiger partial charge in [0.25, 0.3) is 5.91 Å². The Labute approximate surface area is 173 Å². The first-order valence-corrected chi connectivity index (χ1v) is 10.5. The van der Waals surface area contributed by atoms with E-state index in [0.29, 0.717) is 24.7 Å². The second-order valence-corrected chi connectivity index (χ2v) is 7.73. The lowest BCUT2D eigenvalue weighted by Gasteiger charge is -2.26.